The van der Waals surface area contributed by atoms with Crippen LogP contribution in [0.5, 0.6) is 0 Å². The van der Waals surface area contributed by atoms with Crippen LogP contribution in [0.15, 0.2) is 126 Å². The first-order valence-corrected chi connectivity index (χ1v) is 16.0. The summed E-state index contributed by atoms with van der Waals surface area (Å²) in [7, 11) is 0. The third-order valence-corrected chi connectivity index (χ3v) is 9.36. The summed E-state index contributed by atoms with van der Waals surface area (Å²) in [5, 5.41) is 6.12. The molecule has 0 aliphatic rings. The second kappa shape index (κ2) is 10.8. The summed E-state index contributed by atoms with van der Waals surface area (Å²) in [5.74, 6) is 1.78. The van der Waals surface area contributed by atoms with Crippen LogP contribution >= 0.6 is 0 Å². The third kappa shape index (κ3) is 4.62. The highest BCUT2D eigenvalue weighted by Gasteiger charge is 2.21. The van der Waals surface area contributed by atoms with Gasteiger partial charge in [0.2, 0.25) is 0 Å². The SMILES string of the molecule is CC(C)c1cccc(C(C)C)c1Cn1c(-c2coc3ccc(-c4ccc5ccc6ccccc6c5c4)cc23)nc2ccccc21. The molecule has 0 unspecified atom stereocenters. The van der Waals surface area contributed by atoms with Crippen LogP contribution in [0.1, 0.15) is 56.2 Å². The van der Waals surface area contributed by atoms with Crippen LogP contribution in [0.25, 0.3) is 66.1 Å². The average Bonchev–Trinajstić information content (AvgIpc) is 3.65. The first kappa shape index (κ1) is 27.4. The fraction of sp³-hybridized carbons (Fsp3) is 0.167. The largest absolute Gasteiger partial charge is 0.464 e. The van der Waals surface area contributed by atoms with E-state index in [0.717, 1.165) is 45.5 Å². The van der Waals surface area contributed by atoms with E-state index in [9.17, 15) is 0 Å². The second-order valence-electron chi connectivity index (χ2n) is 12.8. The summed E-state index contributed by atoms with van der Waals surface area (Å²) >= 11 is 0. The van der Waals surface area contributed by atoms with E-state index >= 15 is 0 Å². The number of furan rings is 1. The van der Waals surface area contributed by atoms with Crippen LogP contribution in [0.2, 0.25) is 0 Å². The number of fused-ring (bicyclic) bond motifs is 5. The molecule has 0 aliphatic carbocycles. The predicted molar refractivity (Wildman–Crippen MR) is 189 cm³/mol. The molecule has 0 N–H and O–H groups in total. The Morgan fingerprint density at radius 2 is 1.27 bits per heavy atom. The van der Waals surface area contributed by atoms with Crippen LogP contribution in [0.4, 0.5) is 0 Å². The van der Waals surface area contributed by atoms with Gasteiger partial charge in [-0.3, -0.25) is 0 Å². The average molecular weight is 585 g/mol. The summed E-state index contributed by atoms with van der Waals surface area (Å²) in [6.07, 6.45) is 1.89. The van der Waals surface area contributed by atoms with E-state index in [1.54, 1.807) is 0 Å². The molecule has 0 aliphatic heterocycles. The molecule has 0 saturated heterocycles. The van der Waals surface area contributed by atoms with Crippen molar-refractivity contribution in [1.82, 2.24) is 9.55 Å². The van der Waals surface area contributed by atoms with Gasteiger partial charge in [-0.15, -0.1) is 0 Å². The summed E-state index contributed by atoms with van der Waals surface area (Å²) in [5.41, 5.74) is 10.5. The van der Waals surface area contributed by atoms with E-state index in [2.05, 4.69) is 148 Å². The lowest BCUT2D eigenvalue weighted by molar-refractivity contribution is 0.616. The van der Waals surface area contributed by atoms with Gasteiger partial charge in [0.1, 0.15) is 17.7 Å². The molecule has 0 fully saturated rings. The van der Waals surface area contributed by atoms with Crippen molar-refractivity contribution in [2.45, 2.75) is 46.1 Å². The van der Waals surface area contributed by atoms with Gasteiger partial charge >= 0.3 is 0 Å². The zero-order valence-electron chi connectivity index (χ0n) is 26.2. The fourth-order valence-corrected chi connectivity index (χ4v) is 7.05. The van der Waals surface area contributed by atoms with Gasteiger partial charge in [0, 0.05) is 5.39 Å². The minimum atomic E-state index is 0.424. The van der Waals surface area contributed by atoms with Crippen molar-refractivity contribution in [2.75, 3.05) is 0 Å². The zero-order valence-corrected chi connectivity index (χ0v) is 26.2. The maximum atomic E-state index is 6.19. The van der Waals surface area contributed by atoms with Gasteiger partial charge in [-0.25, -0.2) is 4.98 Å². The number of rotatable bonds is 6. The smallest absolute Gasteiger partial charge is 0.145 e. The van der Waals surface area contributed by atoms with Gasteiger partial charge in [0.15, 0.2) is 0 Å². The summed E-state index contributed by atoms with van der Waals surface area (Å²) in [6.45, 7) is 9.90. The van der Waals surface area contributed by atoms with E-state index in [0.29, 0.717) is 11.8 Å². The Labute approximate surface area is 263 Å². The summed E-state index contributed by atoms with van der Waals surface area (Å²) < 4.78 is 8.58. The van der Waals surface area contributed by atoms with Crippen LogP contribution in [-0.2, 0) is 6.54 Å². The van der Waals surface area contributed by atoms with Crippen LogP contribution in [0.3, 0.4) is 0 Å². The molecule has 45 heavy (non-hydrogen) atoms. The van der Waals surface area contributed by atoms with E-state index < -0.39 is 0 Å². The molecule has 3 heteroatoms. The maximum absolute atomic E-state index is 6.19. The quantitative estimate of drug-likeness (QED) is 0.182. The van der Waals surface area contributed by atoms with Crippen molar-refractivity contribution in [3.05, 3.63) is 138 Å². The normalized spacial score (nSPS) is 12.0. The molecule has 2 aromatic heterocycles. The second-order valence-corrected chi connectivity index (χ2v) is 12.8. The Hall–Kier alpha value is -5.15. The number of imidazole rings is 1. The van der Waals surface area contributed by atoms with Gasteiger partial charge in [-0.2, -0.15) is 0 Å². The molecule has 0 radical (unpaired) electrons. The molecule has 0 amide bonds. The zero-order chi connectivity index (χ0) is 30.7. The van der Waals surface area contributed by atoms with Crippen molar-refractivity contribution in [2.24, 2.45) is 0 Å². The van der Waals surface area contributed by atoms with Crippen LogP contribution in [-0.4, -0.2) is 9.55 Å². The number of nitrogens with zero attached hydrogens (tertiary/aromatic N) is 2. The first-order valence-electron chi connectivity index (χ1n) is 16.0. The van der Waals surface area contributed by atoms with E-state index in [-0.39, 0.29) is 0 Å². The van der Waals surface area contributed by atoms with E-state index in [1.807, 2.05) is 6.26 Å². The molecule has 0 bridgehead atoms. The molecule has 220 valence electrons. The Balaban J connectivity index is 1.30. The molecule has 2 heterocycles. The highest BCUT2D eigenvalue weighted by atomic mass is 16.3. The van der Waals surface area contributed by atoms with Crippen molar-refractivity contribution in [3.63, 3.8) is 0 Å². The number of para-hydroxylation sites is 2. The van der Waals surface area contributed by atoms with Gasteiger partial charge in [0.05, 0.1) is 23.1 Å². The Morgan fingerprint density at radius 1 is 0.622 bits per heavy atom. The van der Waals surface area contributed by atoms with Gasteiger partial charge in [0.25, 0.3) is 0 Å². The molecule has 3 nitrogen and oxygen atoms in total. The van der Waals surface area contributed by atoms with Crippen LogP contribution in [0, 0.1) is 0 Å². The predicted octanol–water partition coefficient (Wildman–Crippen LogP) is 11.7. The van der Waals surface area contributed by atoms with Gasteiger partial charge in [-0.05, 0) is 91.5 Å². The minimum absolute atomic E-state index is 0.424. The van der Waals surface area contributed by atoms with Crippen molar-refractivity contribution in [1.29, 1.82) is 0 Å². The van der Waals surface area contributed by atoms with Gasteiger partial charge < -0.3 is 8.98 Å². The molecule has 8 rings (SSSR count). The van der Waals surface area contributed by atoms with Crippen molar-refractivity contribution < 1.29 is 4.42 Å². The fourth-order valence-electron chi connectivity index (χ4n) is 7.05. The highest BCUT2D eigenvalue weighted by molar-refractivity contribution is 6.09. The molecular weight excluding hydrogens is 548 g/mol. The summed E-state index contributed by atoms with van der Waals surface area (Å²) in [6, 6.07) is 41.6. The van der Waals surface area contributed by atoms with E-state index in [4.69, 9.17) is 9.40 Å². The van der Waals surface area contributed by atoms with Crippen molar-refractivity contribution >= 4 is 43.5 Å². The molecule has 0 atom stereocenters. The minimum Gasteiger partial charge on any atom is -0.464 e. The summed E-state index contributed by atoms with van der Waals surface area (Å²) in [4.78, 5) is 5.23. The molecule has 0 saturated carbocycles. The highest BCUT2D eigenvalue weighted by Crippen LogP contribution is 2.38. The van der Waals surface area contributed by atoms with Gasteiger partial charge in [-0.1, -0.05) is 113 Å². The third-order valence-electron chi connectivity index (χ3n) is 9.36. The van der Waals surface area contributed by atoms with Crippen LogP contribution < -0.4 is 0 Å². The Kier molecular flexibility index (Phi) is 6.57. The lowest BCUT2D eigenvalue weighted by Gasteiger charge is -2.21. The maximum Gasteiger partial charge on any atom is 0.145 e. The first-order chi connectivity index (χ1) is 22.0. The standard InChI is InChI=1S/C42H36N2O/c1-26(2)32-12-9-13-33(27(3)4)37(32)24-44-40-15-8-7-14-39(40)43-42(44)38-25-45-41-21-20-31(23-36(38)41)30-19-18-29-17-16-28-10-5-6-11-34(28)35(29)22-30/h5-23,25-27H,24H2,1-4H3. The monoisotopic (exact) mass is 584 g/mol. The molecular formula is C42H36N2O. The number of benzene rings is 6. The lowest BCUT2D eigenvalue weighted by Crippen LogP contribution is -2.10. The Morgan fingerprint density at radius 3 is 2.04 bits per heavy atom. The van der Waals surface area contributed by atoms with E-state index in [1.165, 1.54) is 43.8 Å². The molecule has 8 aromatic rings. The number of hydrogen-bond acceptors (Lipinski definition) is 2. The topological polar surface area (TPSA) is 31.0 Å². The molecule has 0 spiro atoms. The van der Waals surface area contributed by atoms with Crippen molar-refractivity contribution in [3.8, 4) is 22.5 Å². The lowest BCUT2D eigenvalue weighted by atomic mass is 9.88. The molecule has 6 aromatic carbocycles. The Bertz CT molecular complexity index is 2340. The number of aromatic nitrogens is 2. The number of hydrogen-bond donors (Lipinski definition) is 0.